The second-order valence-corrected chi connectivity index (χ2v) is 5.29. The maximum atomic E-state index is 12.4. The monoisotopic (exact) mass is 297 g/mol. The van der Waals surface area contributed by atoms with Crippen molar-refractivity contribution < 1.29 is 9.59 Å². The van der Waals surface area contributed by atoms with Gasteiger partial charge in [0.25, 0.3) is 5.91 Å². The van der Waals surface area contributed by atoms with Gasteiger partial charge in [-0.05, 0) is 30.2 Å². The Morgan fingerprint density at radius 2 is 1.64 bits per heavy atom. The molecular weight excluding hydrogens is 278 g/mol. The van der Waals surface area contributed by atoms with Crippen LogP contribution in [0.25, 0.3) is 0 Å². The highest BCUT2D eigenvalue weighted by atomic mass is 16.2. The molecule has 0 bridgehead atoms. The first-order valence-electron chi connectivity index (χ1n) is 7.14. The van der Waals surface area contributed by atoms with Gasteiger partial charge in [0, 0.05) is 23.6 Å². The Balaban J connectivity index is 2.06. The smallest absolute Gasteiger partial charge is 0.251 e. The van der Waals surface area contributed by atoms with Crippen LogP contribution in [0, 0.1) is 5.92 Å². The van der Waals surface area contributed by atoms with Crippen LogP contribution in [0.4, 0.5) is 5.69 Å². The SMILES string of the molecule is CC(C)[C@H](NC(=O)c1ccccc1)C(=O)Nc1ccncc1. The van der Waals surface area contributed by atoms with Crippen molar-refractivity contribution in [3.63, 3.8) is 0 Å². The van der Waals surface area contributed by atoms with Gasteiger partial charge in [-0.25, -0.2) is 0 Å². The van der Waals surface area contributed by atoms with Crippen molar-refractivity contribution in [2.75, 3.05) is 5.32 Å². The van der Waals surface area contributed by atoms with Crippen molar-refractivity contribution in [2.45, 2.75) is 19.9 Å². The highest BCUT2D eigenvalue weighted by Crippen LogP contribution is 2.09. The zero-order valence-corrected chi connectivity index (χ0v) is 12.6. The number of pyridine rings is 1. The van der Waals surface area contributed by atoms with E-state index in [0.717, 1.165) is 0 Å². The summed E-state index contributed by atoms with van der Waals surface area (Å²) in [5.41, 5.74) is 1.18. The lowest BCUT2D eigenvalue weighted by atomic mass is 10.0. The van der Waals surface area contributed by atoms with Crippen LogP contribution in [0.3, 0.4) is 0 Å². The largest absolute Gasteiger partial charge is 0.340 e. The molecule has 2 N–H and O–H groups in total. The fraction of sp³-hybridized carbons (Fsp3) is 0.235. The molecule has 0 aliphatic rings. The Hall–Kier alpha value is -2.69. The maximum absolute atomic E-state index is 12.4. The van der Waals surface area contributed by atoms with Crippen LogP contribution >= 0.6 is 0 Å². The number of carbonyl (C=O) groups excluding carboxylic acids is 2. The Bertz CT molecular complexity index is 627. The molecule has 0 saturated heterocycles. The van der Waals surface area contributed by atoms with Crippen molar-refractivity contribution in [3.8, 4) is 0 Å². The fourth-order valence-electron chi connectivity index (χ4n) is 2.00. The molecule has 2 amide bonds. The molecule has 1 aromatic heterocycles. The van der Waals surface area contributed by atoms with Crippen molar-refractivity contribution in [1.29, 1.82) is 0 Å². The summed E-state index contributed by atoms with van der Waals surface area (Å²) < 4.78 is 0. The average Bonchev–Trinajstić information content (AvgIpc) is 2.53. The molecule has 0 saturated carbocycles. The van der Waals surface area contributed by atoms with Gasteiger partial charge >= 0.3 is 0 Å². The van der Waals surface area contributed by atoms with E-state index in [4.69, 9.17) is 0 Å². The van der Waals surface area contributed by atoms with Crippen molar-refractivity contribution >= 4 is 17.5 Å². The number of aromatic nitrogens is 1. The summed E-state index contributed by atoms with van der Waals surface area (Å²) in [6.07, 6.45) is 3.20. The number of rotatable bonds is 5. The molecule has 114 valence electrons. The van der Waals surface area contributed by atoms with Gasteiger partial charge in [0.15, 0.2) is 0 Å². The Labute approximate surface area is 129 Å². The van der Waals surface area contributed by atoms with Gasteiger partial charge in [0.2, 0.25) is 5.91 Å². The number of benzene rings is 1. The highest BCUT2D eigenvalue weighted by Gasteiger charge is 2.24. The molecule has 2 aromatic rings. The Morgan fingerprint density at radius 3 is 2.23 bits per heavy atom. The van der Waals surface area contributed by atoms with Crippen LogP contribution in [-0.2, 0) is 4.79 Å². The Morgan fingerprint density at radius 1 is 1.00 bits per heavy atom. The summed E-state index contributed by atoms with van der Waals surface area (Å²) >= 11 is 0. The second kappa shape index (κ2) is 7.36. The first-order valence-corrected chi connectivity index (χ1v) is 7.14. The van der Waals surface area contributed by atoms with Gasteiger partial charge < -0.3 is 10.6 Å². The molecule has 2 rings (SSSR count). The quantitative estimate of drug-likeness (QED) is 0.890. The van der Waals surface area contributed by atoms with E-state index >= 15 is 0 Å². The van der Waals surface area contributed by atoms with E-state index in [0.29, 0.717) is 11.3 Å². The molecular formula is C17H19N3O2. The minimum atomic E-state index is -0.610. The van der Waals surface area contributed by atoms with Gasteiger partial charge in [-0.3, -0.25) is 14.6 Å². The van der Waals surface area contributed by atoms with E-state index in [1.54, 1.807) is 48.8 Å². The summed E-state index contributed by atoms with van der Waals surface area (Å²) in [6, 6.07) is 11.6. The van der Waals surface area contributed by atoms with Crippen LogP contribution in [0.15, 0.2) is 54.9 Å². The molecule has 22 heavy (non-hydrogen) atoms. The number of nitrogens with one attached hydrogen (secondary N) is 2. The summed E-state index contributed by atoms with van der Waals surface area (Å²) in [5, 5.41) is 5.57. The standard InChI is InChI=1S/C17H19N3O2/c1-12(2)15(17(22)19-14-8-10-18-11-9-14)20-16(21)13-6-4-3-5-7-13/h3-12,15H,1-2H3,(H,20,21)(H,18,19,22)/t15-/m0/s1. The summed E-state index contributed by atoms with van der Waals surface area (Å²) in [7, 11) is 0. The zero-order chi connectivity index (χ0) is 15.9. The molecule has 5 nitrogen and oxygen atoms in total. The van der Waals surface area contributed by atoms with Gasteiger partial charge in [-0.15, -0.1) is 0 Å². The average molecular weight is 297 g/mol. The minimum Gasteiger partial charge on any atom is -0.340 e. The maximum Gasteiger partial charge on any atom is 0.251 e. The molecule has 0 aliphatic heterocycles. The molecule has 0 radical (unpaired) electrons. The van der Waals surface area contributed by atoms with Crippen LogP contribution in [0.5, 0.6) is 0 Å². The third kappa shape index (κ3) is 4.15. The zero-order valence-electron chi connectivity index (χ0n) is 12.6. The molecule has 1 atom stereocenters. The second-order valence-electron chi connectivity index (χ2n) is 5.29. The third-order valence-corrected chi connectivity index (χ3v) is 3.22. The van der Waals surface area contributed by atoms with Crippen LogP contribution in [0.2, 0.25) is 0 Å². The normalized spacial score (nSPS) is 11.8. The van der Waals surface area contributed by atoms with Crippen molar-refractivity contribution in [1.82, 2.24) is 10.3 Å². The molecule has 0 unspecified atom stereocenters. The number of hydrogen-bond acceptors (Lipinski definition) is 3. The van der Waals surface area contributed by atoms with Crippen LogP contribution in [0.1, 0.15) is 24.2 Å². The lowest BCUT2D eigenvalue weighted by Gasteiger charge is -2.21. The van der Waals surface area contributed by atoms with E-state index in [2.05, 4.69) is 15.6 Å². The van der Waals surface area contributed by atoms with Gasteiger partial charge in [0.1, 0.15) is 6.04 Å². The first kappa shape index (κ1) is 15.7. The summed E-state index contributed by atoms with van der Waals surface area (Å²) in [6.45, 7) is 3.78. The predicted octanol–water partition coefficient (Wildman–Crippen LogP) is 2.47. The number of carbonyl (C=O) groups is 2. The van der Waals surface area contributed by atoms with Gasteiger partial charge in [-0.1, -0.05) is 32.0 Å². The molecule has 0 fully saturated rings. The van der Waals surface area contributed by atoms with Crippen LogP contribution < -0.4 is 10.6 Å². The molecule has 5 heteroatoms. The van der Waals surface area contributed by atoms with E-state index < -0.39 is 6.04 Å². The van der Waals surface area contributed by atoms with E-state index in [-0.39, 0.29) is 17.7 Å². The number of hydrogen-bond donors (Lipinski definition) is 2. The number of nitrogens with zero attached hydrogens (tertiary/aromatic N) is 1. The summed E-state index contributed by atoms with van der Waals surface area (Å²) in [4.78, 5) is 28.5. The van der Waals surface area contributed by atoms with E-state index in [9.17, 15) is 9.59 Å². The lowest BCUT2D eigenvalue weighted by molar-refractivity contribution is -0.118. The van der Waals surface area contributed by atoms with Gasteiger partial charge in [0.05, 0.1) is 0 Å². The minimum absolute atomic E-state index is 0.0329. The Kier molecular flexibility index (Phi) is 5.25. The van der Waals surface area contributed by atoms with E-state index in [1.165, 1.54) is 0 Å². The van der Waals surface area contributed by atoms with Gasteiger partial charge in [-0.2, -0.15) is 0 Å². The predicted molar refractivity (Wildman–Crippen MR) is 85.4 cm³/mol. The first-order chi connectivity index (χ1) is 10.6. The van der Waals surface area contributed by atoms with Crippen molar-refractivity contribution in [3.05, 3.63) is 60.4 Å². The highest BCUT2D eigenvalue weighted by molar-refractivity contribution is 6.01. The van der Waals surface area contributed by atoms with E-state index in [1.807, 2.05) is 19.9 Å². The molecule has 1 heterocycles. The number of anilines is 1. The number of amides is 2. The molecule has 0 aliphatic carbocycles. The summed E-state index contributed by atoms with van der Waals surface area (Å²) in [5.74, 6) is -0.538. The van der Waals surface area contributed by atoms with Crippen LogP contribution in [-0.4, -0.2) is 22.8 Å². The lowest BCUT2D eigenvalue weighted by Crippen LogP contribution is -2.47. The third-order valence-electron chi connectivity index (χ3n) is 3.22. The topological polar surface area (TPSA) is 71.1 Å². The molecule has 1 aromatic carbocycles. The molecule has 0 spiro atoms. The fourth-order valence-corrected chi connectivity index (χ4v) is 2.00. The van der Waals surface area contributed by atoms with Crippen molar-refractivity contribution in [2.24, 2.45) is 5.92 Å².